The number of hydrogen-bond donors (Lipinski definition) is 1. The average molecular weight is 312 g/mol. The zero-order valence-electron chi connectivity index (χ0n) is 12.4. The molecule has 0 radical (unpaired) electrons. The number of fused-ring (bicyclic) bond motifs is 2. The number of aromatic nitrogens is 2. The molecule has 8 heteroatoms. The van der Waals surface area contributed by atoms with Crippen molar-refractivity contribution in [3.63, 3.8) is 0 Å². The lowest BCUT2D eigenvalue weighted by atomic mass is 10.1. The third-order valence-electron chi connectivity index (χ3n) is 3.71. The molecule has 0 unspecified atom stereocenters. The minimum Gasteiger partial charge on any atom is -0.365 e. The van der Waals surface area contributed by atoms with E-state index in [-0.39, 0.29) is 27.8 Å². The summed E-state index contributed by atoms with van der Waals surface area (Å²) >= 11 is 0. The van der Waals surface area contributed by atoms with Crippen LogP contribution in [0.5, 0.6) is 0 Å². The van der Waals surface area contributed by atoms with E-state index in [9.17, 15) is 19.7 Å². The number of benzene rings is 1. The normalized spacial score (nSPS) is 11.0. The molecule has 0 spiro atoms. The molecule has 2 heterocycles. The highest BCUT2D eigenvalue weighted by atomic mass is 16.6. The number of hydrogen-bond acceptors (Lipinski definition) is 5. The van der Waals surface area contributed by atoms with Crippen LogP contribution in [0.25, 0.3) is 16.6 Å². The Hall–Kier alpha value is -3.29. The summed E-state index contributed by atoms with van der Waals surface area (Å²) in [5, 5.41) is 11.0. The highest BCUT2D eigenvalue weighted by molar-refractivity contribution is 6.01. The average Bonchev–Trinajstić information content (AvgIpc) is 2.45. The first kappa shape index (κ1) is 14.6. The molecule has 23 heavy (non-hydrogen) atoms. The topological polar surface area (TPSA) is 121 Å². The van der Waals surface area contributed by atoms with Gasteiger partial charge >= 0.3 is 0 Å². The molecule has 0 atom stereocenters. The van der Waals surface area contributed by atoms with Crippen molar-refractivity contribution in [1.29, 1.82) is 0 Å². The van der Waals surface area contributed by atoms with Crippen LogP contribution >= 0.6 is 0 Å². The number of nitrogens with zero attached hydrogens (tertiary/aromatic N) is 3. The van der Waals surface area contributed by atoms with E-state index in [1.165, 1.54) is 22.6 Å². The van der Waals surface area contributed by atoms with Crippen LogP contribution in [0.15, 0.2) is 29.1 Å². The summed E-state index contributed by atoms with van der Waals surface area (Å²) in [4.78, 5) is 39.1. The lowest BCUT2D eigenvalue weighted by Crippen LogP contribution is -2.23. The molecule has 0 aliphatic carbocycles. The number of pyridine rings is 1. The van der Waals surface area contributed by atoms with Crippen molar-refractivity contribution >= 4 is 28.1 Å². The van der Waals surface area contributed by atoms with E-state index >= 15 is 0 Å². The van der Waals surface area contributed by atoms with E-state index in [0.717, 1.165) is 0 Å². The SMILES string of the molecule is Cc1cc(C)n2c(=O)c3cc([N+](=O)[O-])ccc3nc2c1C(N)=O. The van der Waals surface area contributed by atoms with E-state index in [2.05, 4.69) is 4.98 Å². The standard InChI is InChI=1S/C15H12N4O4/c1-7-5-8(2)18-14(12(7)13(16)20)17-11-4-3-9(19(22)23)6-10(11)15(18)21/h3-6H,1-2H3,(H2,16,20). The Morgan fingerprint density at radius 1 is 1.30 bits per heavy atom. The van der Waals surface area contributed by atoms with Crippen LogP contribution in [-0.4, -0.2) is 20.2 Å². The van der Waals surface area contributed by atoms with Crippen molar-refractivity contribution in [2.75, 3.05) is 0 Å². The molecule has 1 amide bonds. The second kappa shape index (κ2) is 4.87. The minimum atomic E-state index is -0.687. The zero-order valence-corrected chi connectivity index (χ0v) is 12.4. The third kappa shape index (κ3) is 2.11. The molecule has 0 aliphatic heterocycles. The quantitative estimate of drug-likeness (QED) is 0.436. The fourth-order valence-electron chi connectivity index (χ4n) is 2.71. The number of amides is 1. The molecule has 0 fully saturated rings. The van der Waals surface area contributed by atoms with Crippen LogP contribution in [0.1, 0.15) is 21.6 Å². The first-order chi connectivity index (χ1) is 10.8. The van der Waals surface area contributed by atoms with Gasteiger partial charge in [0.1, 0.15) is 0 Å². The number of carbonyl (C=O) groups excluding carboxylic acids is 1. The Morgan fingerprint density at radius 3 is 2.61 bits per heavy atom. The molecule has 1 aromatic carbocycles. The van der Waals surface area contributed by atoms with Crippen molar-refractivity contribution in [3.05, 3.63) is 61.6 Å². The van der Waals surface area contributed by atoms with Gasteiger partial charge in [0.2, 0.25) is 0 Å². The number of primary amides is 1. The van der Waals surface area contributed by atoms with Crippen molar-refractivity contribution in [3.8, 4) is 0 Å². The second-order valence-corrected chi connectivity index (χ2v) is 5.24. The molecule has 3 rings (SSSR count). The molecular formula is C15H12N4O4. The number of non-ortho nitro benzene ring substituents is 1. The molecule has 116 valence electrons. The third-order valence-corrected chi connectivity index (χ3v) is 3.71. The van der Waals surface area contributed by atoms with Gasteiger partial charge in [-0.05, 0) is 31.5 Å². The highest BCUT2D eigenvalue weighted by Crippen LogP contribution is 2.21. The van der Waals surface area contributed by atoms with Gasteiger partial charge in [-0.15, -0.1) is 0 Å². The van der Waals surface area contributed by atoms with E-state index < -0.39 is 16.4 Å². The number of aryl methyl sites for hydroxylation is 2. The lowest BCUT2D eigenvalue weighted by molar-refractivity contribution is -0.384. The molecule has 0 saturated heterocycles. The van der Waals surface area contributed by atoms with Crippen molar-refractivity contribution in [2.45, 2.75) is 13.8 Å². The van der Waals surface area contributed by atoms with Gasteiger partial charge in [0, 0.05) is 17.8 Å². The summed E-state index contributed by atoms with van der Waals surface area (Å²) in [6.07, 6.45) is 0. The summed E-state index contributed by atoms with van der Waals surface area (Å²) < 4.78 is 1.25. The first-order valence-corrected chi connectivity index (χ1v) is 6.72. The summed E-state index contributed by atoms with van der Waals surface area (Å²) in [5.41, 5.74) is 6.49. The van der Waals surface area contributed by atoms with Gasteiger partial charge in [0.05, 0.1) is 21.4 Å². The van der Waals surface area contributed by atoms with E-state index in [1.54, 1.807) is 19.9 Å². The number of rotatable bonds is 2. The van der Waals surface area contributed by atoms with Gasteiger partial charge in [-0.2, -0.15) is 0 Å². The Balaban J connectivity index is 2.57. The van der Waals surface area contributed by atoms with Gasteiger partial charge in [-0.1, -0.05) is 0 Å². The maximum Gasteiger partial charge on any atom is 0.270 e. The van der Waals surface area contributed by atoms with Crippen LogP contribution in [-0.2, 0) is 0 Å². The smallest absolute Gasteiger partial charge is 0.270 e. The Morgan fingerprint density at radius 2 is 2.00 bits per heavy atom. The molecule has 2 N–H and O–H groups in total. The fourth-order valence-corrected chi connectivity index (χ4v) is 2.71. The predicted molar refractivity (Wildman–Crippen MR) is 83.6 cm³/mol. The summed E-state index contributed by atoms with van der Waals surface area (Å²) in [7, 11) is 0. The molecule has 0 aliphatic rings. The van der Waals surface area contributed by atoms with Crippen LogP contribution in [0, 0.1) is 24.0 Å². The van der Waals surface area contributed by atoms with Crippen LogP contribution in [0.2, 0.25) is 0 Å². The van der Waals surface area contributed by atoms with Gasteiger partial charge in [0.25, 0.3) is 17.2 Å². The summed E-state index contributed by atoms with van der Waals surface area (Å²) in [5.74, 6) is -0.687. The predicted octanol–water partition coefficient (Wildman–Crippen LogP) is 1.47. The lowest BCUT2D eigenvalue weighted by Gasteiger charge is -2.12. The van der Waals surface area contributed by atoms with Gasteiger partial charge in [-0.25, -0.2) is 4.98 Å². The zero-order chi connectivity index (χ0) is 16.9. The van der Waals surface area contributed by atoms with Gasteiger partial charge in [-0.3, -0.25) is 24.1 Å². The van der Waals surface area contributed by atoms with Crippen LogP contribution in [0.3, 0.4) is 0 Å². The van der Waals surface area contributed by atoms with E-state index in [1.807, 2.05) is 0 Å². The fraction of sp³-hybridized carbons (Fsp3) is 0.133. The number of carbonyl (C=O) groups is 1. The molecule has 0 bridgehead atoms. The number of nitro benzene ring substituents is 1. The molecular weight excluding hydrogens is 300 g/mol. The maximum atomic E-state index is 12.7. The first-order valence-electron chi connectivity index (χ1n) is 6.72. The van der Waals surface area contributed by atoms with Crippen LogP contribution < -0.4 is 11.3 Å². The largest absolute Gasteiger partial charge is 0.365 e. The summed E-state index contributed by atoms with van der Waals surface area (Å²) in [6.45, 7) is 3.40. The van der Waals surface area contributed by atoms with E-state index in [4.69, 9.17) is 5.73 Å². The maximum absolute atomic E-state index is 12.7. The Kier molecular flexibility index (Phi) is 3.10. The number of nitrogens with two attached hydrogens (primary N) is 1. The monoisotopic (exact) mass is 312 g/mol. The summed E-state index contributed by atoms with van der Waals surface area (Å²) in [6, 6.07) is 5.48. The van der Waals surface area contributed by atoms with E-state index in [0.29, 0.717) is 11.3 Å². The Labute approximate surface area is 129 Å². The van der Waals surface area contributed by atoms with Gasteiger partial charge in [0.15, 0.2) is 5.65 Å². The Bertz CT molecular complexity index is 1070. The molecule has 2 aromatic heterocycles. The second-order valence-electron chi connectivity index (χ2n) is 5.24. The molecule has 3 aromatic rings. The van der Waals surface area contributed by atoms with Crippen molar-refractivity contribution in [2.24, 2.45) is 5.73 Å². The number of nitro groups is 1. The molecule has 8 nitrogen and oxygen atoms in total. The van der Waals surface area contributed by atoms with Gasteiger partial charge < -0.3 is 5.73 Å². The minimum absolute atomic E-state index is 0.110. The molecule has 0 saturated carbocycles. The van der Waals surface area contributed by atoms with Crippen LogP contribution in [0.4, 0.5) is 5.69 Å². The van der Waals surface area contributed by atoms with Crippen molar-refractivity contribution < 1.29 is 9.72 Å². The highest BCUT2D eigenvalue weighted by Gasteiger charge is 2.18. The van der Waals surface area contributed by atoms with Crippen molar-refractivity contribution in [1.82, 2.24) is 9.38 Å².